The van der Waals surface area contributed by atoms with E-state index in [0.717, 1.165) is 33.9 Å². The van der Waals surface area contributed by atoms with E-state index in [1.807, 2.05) is 89.2 Å². The number of hydrogen-bond donors (Lipinski definition) is 0. The molecule has 0 radical (unpaired) electrons. The molecule has 146 valence electrons. The first kappa shape index (κ1) is 22.3. The molecule has 0 N–H and O–H groups in total. The monoisotopic (exact) mass is 369 g/mol. The van der Waals surface area contributed by atoms with Gasteiger partial charge in [0, 0.05) is 5.56 Å². The molecule has 0 fully saturated rings. The summed E-state index contributed by atoms with van der Waals surface area (Å²) in [4.78, 5) is 4.96. The molecule has 0 spiro atoms. The fourth-order valence-corrected chi connectivity index (χ4v) is 2.51. The molecule has 0 bridgehead atoms. The van der Waals surface area contributed by atoms with Crippen LogP contribution in [-0.4, -0.2) is 26.0 Å². The summed E-state index contributed by atoms with van der Waals surface area (Å²) in [6.45, 7) is 10.9. The van der Waals surface area contributed by atoms with E-state index in [1.165, 1.54) is 7.11 Å². The van der Waals surface area contributed by atoms with E-state index >= 15 is 0 Å². The average molecular weight is 370 g/mol. The first-order chi connectivity index (χ1) is 13.2. The van der Waals surface area contributed by atoms with Gasteiger partial charge in [-0.25, -0.2) is 0 Å². The van der Waals surface area contributed by atoms with Gasteiger partial charge in [-0.2, -0.15) is 0 Å². The quantitative estimate of drug-likeness (QED) is 0.340. The molecule has 0 saturated carbocycles. The zero-order chi connectivity index (χ0) is 20.1. The summed E-state index contributed by atoms with van der Waals surface area (Å²) in [6.07, 6.45) is 3.94. The molecule has 0 saturated heterocycles. The maximum Gasteiger partial charge on any atom is 0.134 e. The lowest BCUT2D eigenvalue weighted by molar-refractivity contribution is 0.210. The third kappa shape index (κ3) is 7.18. The highest BCUT2D eigenvalue weighted by Crippen LogP contribution is 2.28. The van der Waals surface area contributed by atoms with E-state index in [4.69, 9.17) is 14.3 Å². The van der Waals surface area contributed by atoms with Gasteiger partial charge < -0.3 is 14.3 Å². The van der Waals surface area contributed by atoms with Crippen LogP contribution in [0.2, 0.25) is 0 Å². The Morgan fingerprint density at radius 3 is 2.19 bits per heavy atom. The summed E-state index contributed by atoms with van der Waals surface area (Å²) in [5, 5.41) is 4.10. The number of nitrogens with zero attached hydrogens (tertiary/aromatic N) is 1. The molecule has 0 unspecified atom stereocenters. The van der Waals surface area contributed by atoms with Crippen molar-refractivity contribution in [1.82, 2.24) is 0 Å². The highest BCUT2D eigenvalue weighted by Gasteiger charge is 2.11. The van der Waals surface area contributed by atoms with Gasteiger partial charge in [-0.15, -0.1) is 0 Å². The number of rotatable bonds is 8. The molecule has 0 atom stereocenters. The lowest BCUT2D eigenvalue weighted by atomic mass is 10.1. The van der Waals surface area contributed by atoms with Crippen LogP contribution in [0.1, 0.15) is 37.5 Å². The number of hydrogen-bond acceptors (Lipinski definition) is 4. The van der Waals surface area contributed by atoms with Gasteiger partial charge in [0.15, 0.2) is 0 Å². The summed E-state index contributed by atoms with van der Waals surface area (Å²) in [6, 6.07) is 13.8. The molecule has 0 aliphatic rings. The molecule has 4 nitrogen and oxygen atoms in total. The standard InChI is InChI=1S/C21H25NO3.C2H6/c1-5-6-12-24-19-13-16(2)21(17(3)14-19)25-15-20(22-23-4)18-10-8-7-9-11-18;1-2/h5-11,13-14H,12,15H2,1-4H3;1-2H3/b6-5+,22-20+;. The first-order valence-corrected chi connectivity index (χ1v) is 9.29. The predicted molar refractivity (Wildman–Crippen MR) is 113 cm³/mol. The summed E-state index contributed by atoms with van der Waals surface area (Å²) in [7, 11) is 1.54. The average Bonchev–Trinajstić information content (AvgIpc) is 2.69. The number of oxime groups is 1. The third-order valence-corrected chi connectivity index (χ3v) is 3.68. The van der Waals surface area contributed by atoms with E-state index in [0.29, 0.717) is 13.2 Å². The molecule has 4 heteroatoms. The first-order valence-electron chi connectivity index (χ1n) is 9.29. The number of allylic oxidation sites excluding steroid dienone is 1. The Labute approximate surface area is 163 Å². The van der Waals surface area contributed by atoms with Crippen LogP contribution >= 0.6 is 0 Å². The Balaban J connectivity index is 0.00000176. The predicted octanol–water partition coefficient (Wildman–Crippen LogP) is 5.71. The van der Waals surface area contributed by atoms with Crippen molar-refractivity contribution in [2.24, 2.45) is 5.16 Å². The van der Waals surface area contributed by atoms with Crippen LogP contribution in [0, 0.1) is 13.8 Å². The van der Waals surface area contributed by atoms with Crippen molar-refractivity contribution < 1.29 is 14.3 Å². The second kappa shape index (κ2) is 12.6. The normalized spacial score (nSPS) is 11.0. The Bertz CT molecular complexity index is 714. The molecular formula is C23H31NO3. The van der Waals surface area contributed by atoms with Crippen LogP contribution in [-0.2, 0) is 4.84 Å². The molecule has 0 aromatic heterocycles. The van der Waals surface area contributed by atoms with Gasteiger partial charge in [-0.3, -0.25) is 0 Å². The van der Waals surface area contributed by atoms with Crippen molar-refractivity contribution in [3.63, 3.8) is 0 Å². The van der Waals surface area contributed by atoms with Crippen molar-refractivity contribution in [3.8, 4) is 11.5 Å². The molecule has 0 aliphatic heterocycles. The van der Waals surface area contributed by atoms with Crippen molar-refractivity contribution >= 4 is 5.71 Å². The minimum atomic E-state index is 0.332. The van der Waals surface area contributed by atoms with E-state index in [2.05, 4.69) is 5.16 Å². The van der Waals surface area contributed by atoms with Crippen molar-refractivity contribution in [1.29, 1.82) is 0 Å². The Morgan fingerprint density at radius 2 is 1.63 bits per heavy atom. The van der Waals surface area contributed by atoms with Gasteiger partial charge in [0.05, 0.1) is 0 Å². The van der Waals surface area contributed by atoms with Gasteiger partial charge in [-0.1, -0.05) is 61.5 Å². The van der Waals surface area contributed by atoms with E-state index < -0.39 is 0 Å². The maximum atomic E-state index is 6.04. The fraction of sp³-hybridized carbons (Fsp3) is 0.348. The molecule has 2 aromatic carbocycles. The van der Waals surface area contributed by atoms with Crippen molar-refractivity contribution in [2.75, 3.05) is 20.3 Å². The summed E-state index contributed by atoms with van der Waals surface area (Å²) in [5.41, 5.74) is 3.78. The third-order valence-electron chi connectivity index (χ3n) is 3.68. The van der Waals surface area contributed by atoms with E-state index in [1.54, 1.807) is 0 Å². The summed E-state index contributed by atoms with van der Waals surface area (Å²) >= 11 is 0. The van der Waals surface area contributed by atoms with Crippen LogP contribution in [0.25, 0.3) is 0 Å². The van der Waals surface area contributed by atoms with Gasteiger partial charge >= 0.3 is 0 Å². The minimum absolute atomic E-state index is 0.332. The largest absolute Gasteiger partial charge is 0.490 e. The highest BCUT2D eigenvalue weighted by molar-refractivity contribution is 6.01. The van der Waals surface area contributed by atoms with Crippen molar-refractivity contribution in [2.45, 2.75) is 34.6 Å². The van der Waals surface area contributed by atoms with Gasteiger partial charge in [0.1, 0.15) is 37.5 Å². The smallest absolute Gasteiger partial charge is 0.134 e. The topological polar surface area (TPSA) is 40.0 Å². The second-order valence-electron chi connectivity index (χ2n) is 5.64. The van der Waals surface area contributed by atoms with E-state index in [9.17, 15) is 0 Å². The Kier molecular flexibility index (Phi) is 10.4. The lowest BCUT2D eigenvalue weighted by Crippen LogP contribution is -2.14. The van der Waals surface area contributed by atoms with Gasteiger partial charge in [0.25, 0.3) is 0 Å². The Morgan fingerprint density at radius 1 is 1.00 bits per heavy atom. The molecule has 0 heterocycles. The molecule has 0 aliphatic carbocycles. The number of ether oxygens (including phenoxy) is 2. The Hall–Kier alpha value is -2.75. The molecule has 2 rings (SSSR count). The zero-order valence-electron chi connectivity index (χ0n) is 17.3. The lowest BCUT2D eigenvalue weighted by Gasteiger charge is -2.15. The molecule has 0 amide bonds. The highest BCUT2D eigenvalue weighted by atomic mass is 16.6. The fourth-order valence-electron chi connectivity index (χ4n) is 2.51. The van der Waals surface area contributed by atoms with Gasteiger partial charge in [0.2, 0.25) is 0 Å². The maximum absolute atomic E-state index is 6.04. The SMILES string of the molecule is C/C=C/COc1cc(C)c(OC/C(=N\OC)c2ccccc2)c(C)c1.CC. The van der Waals surface area contributed by atoms with Crippen LogP contribution in [0.5, 0.6) is 11.5 Å². The van der Waals surface area contributed by atoms with Crippen LogP contribution < -0.4 is 9.47 Å². The van der Waals surface area contributed by atoms with Gasteiger partial charge in [-0.05, 0) is 44.0 Å². The van der Waals surface area contributed by atoms with E-state index in [-0.39, 0.29) is 0 Å². The molecule has 2 aromatic rings. The number of benzene rings is 2. The molecular weight excluding hydrogens is 338 g/mol. The molecule has 27 heavy (non-hydrogen) atoms. The van der Waals surface area contributed by atoms with Crippen LogP contribution in [0.4, 0.5) is 0 Å². The number of aryl methyl sites for hydroxylation is 2. The van der Waals surface area contributed by atoms with Crippen LogP contribution in [0.3, 0.4) is 0 Å². The zero-order valence-corrected chi connectivity index (χ0v) is 17.3. The minimum Gasteiger partial charge on any atom is -0.490 e. The van der Waals surface area contributed by atoms with Crippen molar-refractivity contribution in [3.05, 3.63) is 71.3 Å². The summed E-state index contributed by atoms with van der Waals surface area (Å²) < 4.78 is 11.7. The second-order valence-corrected chi connectivity index (χ2v) is 5.64. The summed E-state index contributed by atoms with van der Waals surface area (Å²) in [5.74, 6) is 1.69. The van der Waals surface area contributed by atoms with Crippen LogP contribution in [0.15, 0.2) is 59.8 Å².